The van der Waals surface area contributed by atoms with Crippen LogP contribution in [0.1, 0.15) is 40.0 Å². The molecule has 1 rings (SSSR count). The highest BCUT2D eigenvalue weighted by atomic mass is 32.2. The SMILES string of the molecule is CC(C)[C@H]1CC[C@H](C)CCN1C(=O)CS(=O)(=O)N(C)C. The summed E-state index contributed by atoms with van der Waals surface area (Å²) in [7, 11) is -0.549. The van der Waals surface area contributed by atoms with Gasteiger partial charge in [0.2, 0.25) is 15.9 Å². The van der Waals surface area contributed by atoms with Gasteiger partial charge in [-0.2, -0.15) is 0 Å². The van der Waals surface area contributed by atoms with Crippen LogP contribution in [0.2, 0.25) is 0 Å². The first-order valence-electron chi connectivity index (χ1n) is 7.34. The standard InChI is InChI=1S/C14H28N2O3S/c1-11(2)13-7-6-12(3)8-9-16(13)14(17)10-20(18,19)15(4)5/h11-13H,6-10H2,1-5H3/t12-,13+/m0/s1. The lowest BCUT2D eigenvalue weighted by Gasteiger charge is -2.33. The molecule has 6 heteroatoms. The zero-order valence-corrected chi connectivity index (χ0v) is 14.1. The number of amides is 1. The van der Waals surface area contributed by atoms with Crippen molar-refractivity contribution >= 4 is 15.9 Å². The Morgan fingerprint density at radius 1 is 1.25 bits per heavy atom. The van der Waals surface area contributed by atoms with Crippen molar-refractivity contribution in [3.63, 3.8) is 0 Å². The maximum Gasteiger partial charge on any atom is 0.239 e. The van der Waals surface area contributed by atoms with Crippen LogP contribution in [-0.4, -0.2) is 56.0 Å². The summed E-state index contributed by atoms with van der Waals surface area (Å²) in [4.78, 5) is 14.2. The van der Waals surface area contributed by atoms with Crippen molar-refractivity contribution < 1.29 is 13.2 Å². The second-order valence-electron chi connectivity index (χ2n) is 6.41. The number of carbonyl (C=O) groups is 1. The van der Waals surface area contributed by atoms with E-state index in [1.54, 1.807) is 4.90 Å². The maximum absolute atomic E-state index is 12.4. The molecular weight excluding hydrogens is 276 g/mol. The highest BCUT2D eigenvalue weighted by molar-refractivity contribution is 7.89. The van der Waals surface area contributed by atoms with E-state index < -0.39 is 15.8 Å². The molecule has 0 bridgehead atoms. The van der Waals surface area contributed by atoms with E-state index in [0.29, 0.717) is 18.4 Å². The van der Waals surface area contributed by atoms with Gasteiger partial charge in [-0.05, 0) is 31.1 Å². The first kappa shape index (κ1) is 17.4. The number of hydrogen-bond acceptors (Lipinski definition) is 3. The summed E-state index contributed by atoms with van der Waals surface area (Å²) < 4.78 is 24.9. The van der Waals surface area contributed by atoms with E-state index in [-0.39, 0.29) is 11.9 Å². The largest absolute Gasteiger partial charge is 0.339 e. The van der Waals surface area contributed by atoms with Gasteiger partial charge in [0.15, 0.2) is 0 Å². The first-order valence-corrected chi connectivity index (χ1v) is 8.95. The Morgan fingerprint density at radius 3 is 2.35 bits per heavy atom. The van der Waals surface area contributed by atoms with Crippen molar-refractivity contribution in [3.8, 4) is 0 Å². The lowest BCUT2D eigenvalue weighted by molar-refractivity contribution is -0.131. The average molecular weight is 304 g/mol. The van der Waals surface area contributed by atoms with Crippen molar-refractivity contribution in [2.75, 3.05) is 26.4 Å². The van der Waals surface area contributed by atoms with Crippen molar-refractivity contribution in [2.24, 2.45) is 11.8 Å². The molecule has 0 aromatic carbocycles. The molecule has 20 heavy (non-hydrogen) atoms. The molecule has 1 heterocycles. The fourth-order valence-electron chi connectivity index (χ4n) is 2.65. The number of sulfonamides is 1. The van der Waals surface area contributed by atoms with Crippen LogP contribution in [0.4, 0.5) is 0 Å². The predicted molar refractivity (Wildman–Crippen MR) is 80.8 cm³/mol. The summed E-state index contributed by atoms with van der Waals surface area (Å²) >= 11 is 0. The molecule has 0 radical (unpaired) electrons. The molecule has 0 spiro atoms. The van der Waals surface area contributed by atoms with Crippen LogP contribution in [-0.2, 0) is 14.8 Å². The summed E-state index contributed by atoms with van der Waals surface area (Å²) in [6.45, 7) is 7.07. The molecule has 0 saturated carbocycles. The Bertz CT molecular complexity index is 432. The lowest BCUT2D eigenvalue weighted by Crippen LogP contribution is -2.46. The minimum Gasteiger partial charge on any atom is -0.339 e. The van der Waals surface area contributed by atoms with Gasteiger partial charge in [0.05, 0.1) is 0 Å². The number of carbonyl (C=O) groups excluding carboxylic acids is 1. The van der Waals surface area contributed by atoms with Crippen LogP contribution in [0.3, 0.4) is 0 Å². The Balaban J connectivity index is 2.86. The van der Waals surface area contributed by atoms with Gasteiger partial charge in [0.1, 0.15) is 5.75 Å². The normalized spacial score (nSPS) is 25.1. The predicted octanol–water partition coefficient (Wildman–Crippen LogP) is 1.55. The molecule has 1 amide bonds. The fraction of sp³-hybridized carbons (Fsp3) is 0.929. The maximum atomic E-state index is 12.4. The summed E-state index contributed by atoms with van der Waals surface area (Å²) in [5.74, 6) is 0.273. The van der Waals surface area contributed by atoms with Crippen molar-refractivity contribution in [1.29, 1.82) is 0 Å². The van der Waals surface area contributed by atoms with Crippen molar-refractivity contribution in [2.45, 2.75) is 46.1 Å². The van der Waals surface area contributed by atoms with Crippen LogP contribution in [0, 0.1) is 11.8 Å². The van der Waals surface area contributed by atoms with E-state index in [1.165, 1.54) is 14.1 Å². The number of rotatable bonds is 4. The van der Waals surface area contributed by atoms with Crippen LogP contribution in [0.5, 0.6) is 0 Å². The summed E-state index contributed by atoms with van der Waals surface area (Å²) in [6.07, 6.45) is 3.02. The number of likely N-dealkylation sites (tertiary alicyclic amines) is 1. The Labute approximate surface area is 123 Å². The minimum absolute atomic E-state index is 0.157. The van der Waals surface area contributed by atoms with Gasteiger partial charge in [-0.25, -0.2) is 12.7 Å². The smallest absolute Gasteiger partial charge is 0.239 e. The summed E-state index contributed by atoms with van der Waals surface area (Å²) in [5.41, 5.74) is 0. The molecule has 0 aromatic rings. The van der Waals surface area contributed by atoms with Gasteiger partial charge >= 0.3 is 0 Å². The molecule has 2 atom stereocenters. The van der Waals surface area contributed by atoms with E-state index in [0.717, 1.165) is 23.6 Å². The highest BCUT2D eigenvalue weighted by Crippen LogP contribution is 2.26. The van der Waals surface area contributed by atoms with Gasteiger partial charge in [0, 0.05) is 26.7 Å². The van der Waals surface area contributed by atoms with E-state index in [4.69, 9.17) is 0 Å². The second kappa shape index (κ2) is 6.89. The van der Waals surface area contributed by atoms with Crippen LogP contribution < -0.4 is 0 Å². The third kappa shape index (κ3) is 4.45. The monoisotopic (exact) mass is 304 g/mol. The zero-order chi connectivity index (χ0) is 15.5. The van der Waals surface area contributed by atoms with E-state index >= 15 is 0 Å². The van der Waals surface area contributed by atoms with Gasteiger partial charge in [0.25, 0.3) is 0 Å². The molecule has 0 aliphatic carbocycles. The van der Waals surface area contributed by atoms with Gasteiger partial charge < -0.3 is 4.90 Å². The Kier molecular flexibility index (Phi) is 6.01. The van der Waals surface area contributed by atoms with E-state index in [2.05, 4.69) is 20.8 Å². The quantitative estimate of drug-likeness (QED) is 0.792. The molecule has 0 N–H and O–H groups in total. The van der Waals surface area contributed by atoms with Crippen molar-refractivity contribution in [1.82, 2.24) is 9.21 Å². The minimum atomic E-state index is -3.48. The van der Waals surface area contributed by atoms with Crippen LogP contribution in [0.25, 0.3) is 0 Å². The third-order valence-electron chi connectivity index (χ3n) is 4.17. The van der Waals surface area contributed by atoms with Gasteiger partial charge in [-0.3, -0.25) is 4.79 Å². The average Bonchev–Trinajstić information content (AvgIpc) is 2.50. The number of hydrogen-bond donors (Lipinski definition) is 0. The van der Waals surface area contributed by atoms with E-state index in [9.17, 15) is 13.2 Å². The molecule has 1 aliphatic heterocycles. The Hall–Kier alpha value is -0.620. The number of nitrogens with zero attached hydrogens (tertiary/aromatic N) is 2. The molecule has 1 saturated heterocycles. The molecule has 118 valence electrons. The third-order valence-corrected chi connectivity index (χ3v) is 5.89. The summed E-state index contributed by atoms with van der Waals surface area (Å²) in [6, 6.07) is 0.157. The molecule has 0 unspecified atom stereocenters. The second-order valence-corrected chi connectivity index (χ2v) is 8.59. The molecule has 0 aromatic heterocycles. The van der Waals surface area contributed by atoms with Gasteiger partial charge in [-0.1, -0.05) is 20.8 Å². The zero-order valence-electron chi connectivity index (χ0n) is 13.3. The molecule has 1 fully saturated rings. The first-order chi connectivity index (χ1) is 9.15. The molecule has 5 nitrogen and oxygen atoms in total. The van der Waals surface area contributed by atoms with E-state index in [1.807, 2.05) is 0 Å². The van der Waals surface area contributed by atoms with Crippen LogP contribution >= 0.6 is 0 Å². The topological polar surface area (TPSA) is 57.7 Å². The Morgan fingerprint density at radius 2 is 1.85 bits per heavy atom. The van der Waals surface area contributed by atoms with Gasteiger partial charge in [-0.15, -0.1) is 0 Å². The van der Waals surface area contributed by atoms with Crippen molar-refractivity contribution in [3.05, 3.63) is 0 Å². The highest BCUT2D eigenvalue weighted by Gasteiger charge is 2.32. The lowest BCUT2D eigenvalue weighted by atomic mass is 9.95. The molecular formula is C14H28N2O3S. The fourth-order valence-corrected chi connectivity index (χ4v) is 3.39. The summed E-state index contributed by atoms with van der Waals surface area (Å²) in [5, 5.41) is 0. The van der Waals surface area contributed by atoms with Crippen LogP contribution in [0.15, 0.2) is 0 Å². The molecule has 1 aliphatic rings.